The quantitative estimate of drug-likeness (QED) is 0.689. The van der Waals surface area contributed by atoms with Crippen LogP contribution in [0.3, 0.4) is 0 Å². The fraction of sp³-hybridized carbons (Fsp3) is 0.0769. The third-order valence-corrected chi connectivity index (χ3v) is 2.79. The number of halogens is 1. The average Bonchev–Trinajstić information content (AvgIpc) is 2.92. The molecule has 2 heterocycles. The summed E-state index contributed by atoms with van der Waals surface area (Å²) in [6, 6.07) is 8.51. The lowest BCUT2D eigenvalue weighted by Crippen LogP contribution is -1.99. The van der Waals surface area contributed by atoms with E-state index in [0.717, 1.165) is 11.2 Å². The highest BCUT2D eigenvalue weighted by Crippen LogP contribution is 2.13. The van der Waals surface area contributed by atoms with Gasteiger partial charge in [0.05, 0.1) is 6.20 Å². The van der Waals surface area contributed by atoms with Crippen molar-refractivity contribution in [3.8, 4) is 6.07 Å². The molecule has 0 spiro atoms. The molecular formula is C13H9FN4. The van der Waals surface area contributed by atoms with Crippen LogP contribution in [0.2, 0.25) is 0 Å². The predicted molar refractivity (Wildman–Crippen MR) is 63.4 cm³/mol. The molecule has 0 aliphatic carbocycles. The zero-order chi connectivity index (χ0) is 12.5. The Labute approximate surface area is 103 Å². The molecule has 5 heteroatoms. The van der Waals surface area contributed by atoms with Gasteiger partial charge in [-0.25, -0.2) is 8.91 Å². The average molecular weight is 240 g/mol. The van der Waals surface area contributed by atoms with Crippen molar-refractivity contribution in [2.45, 2.75) is 6.54 Å². The van der Waals surface area contributed by atoms with Crippen molar-refractivity contribution in [1.29, 1.82) is 5.26 Å². The molecule has 88 valence electrons. The van der Waals surface area contributed by atoms with Gasteiger partial charge in [0.2, 0.25) is 0 Å². The molecule has 18 heavy (non-hydrogen) atoms. The Hall–Kier alpha value is -2.61. The van der Waals surface area contributed by atoms with Crippen LogP contribution in [0.25, 0.3) is 5.65 Å². The van der Waals surface area contributed by atoms with E-state index < -0.39 is 0 Å². The topological polar surface area (TPSA) is 46.0 Å². The molecule has 0 fully saturated rings. The molecule has 1 aromatic carbocycles. The van der Waals surface area contributed by atoms with Gasteiger partial charge in [-0.15, -0.1) is 0 Å². The summed E-state index contributed by atoms with van der Waals surface area (Å²) in [6.45, 7) is 0.509. The summed E-state index contributed by atoms with van der Waals surface area (Å²) in [5.41, 5.74) is 2.08. The SMILES string of the molecule is N#Cc1cnn2ccn(Cc3cccc(F)c3)c12. The summed E-state index contributed by atoms with van der Waals surface area (Å²) >= 11 is 0. The van der Waals surface area contributed by atoms with E-state index in [0.29, 0.717) is 12.1 Å². The molecule has 0 bridgehead atoms. The Morgan fingerprint density at radius 3 is 3.00 bits per heavy atom. The summed E-state index contributed by atoms with van der Waals surface area (Å²) < 4.78 is 16.6. The van der Waals surface area contributed by atoms with Gasteiger partial charge in [-0.2, -0.15) is 10.4 Å². The van der Waals surface area contributed by atoms with Crippen LogP contribution in [0.1, 0.15) is 11.1 Å². The number of fused-ring (bicyclic) bond motifs is 1. The summed E-state index contributed by atoms with van der Waals surface area (Å²) in [4.78, 5) is 0. The van der Waals surface area contributed by atoms with Crippen molar-refractivity contribution in [2.75, 3.05) is 0 Å². The Kier molecular flexibility index (Phi) is 2.34. The van der Waals surface area contributed by atoms with Gasteiger partial charge in [0.15, 0.2) is 5.65 Å². The molecule has 0 aliphatic rings. The van der Waals surface area contributed by atoms with E-state index in [4.69, 9.17) is 5.26 Å². The standard InChI is InChI=1S/C13H9FN4/c14-12-3-1-2-10(6-12)9-17-4-5-18-13(17)11(7-15)8-16-18/h1-6,8H,9H2. The number of imidazole rings is 1. The number of hydrogen-bond donors (Lipinski definition) is 0. The molecule has 0 aliphatic heterocycles. The fourth-order valence-corrected chi connectivity index (χ4v) is 2.00. The van der Waals surface area contributed by atoms with Crippen molar-refractivity contribution in [3.63, 3.8) is 0 Å². The second kappa shape index (κ2) is 4.00. The summed E-state index contributed by atoms with van der Waals surface area (Å²) in [6.07, 6.45) is 5.13. The van der Waals surface area contributed by atoms with Crippen LogP contribution < -0.4 is 0 Å². The summed E-state index contributed by atoms with van der Waals surface area (Å²) in [5, 5.41) is 13.1. The van der Waals surface area contributed by atoms with Crippen LogP contribution >= 0.6 is 0 Å². The second-order valence-corrected chi connectivity index (χ2v) is 3.99. The zero-order valence-corrected chi connectivity index (χ0v) is 9.42. The van der Waals surface area contributed by atoms with E-state index in [9.17, 15) is 4.39 Å². The molecule has 0 saturated carbocycles. The molecule has 3 rings (SSSR count). The minimum atomic E-state index is -0.260. The molecule has 4 nitrogen and oxygen atoms in total. The molecule has 0 atom stereocenters. The number of nitrogens with zero attached hydrogens (tertiary/aromatic N) is 4. The first-order chi connectivity index (χ1) is 8.78. The van der Waals surface area contributed by atoms with Gasteiger partial charge in [-0.3, -0.25) is 0 Å². The number of benzene rings is 1. The molecule has 2 aromatic heterocycles. The summed E-state index contributed by atoms with van der Waals surface area (Å²) in [5.74, 6) is -0.260. The maximum Gasteiger partial charge on any atom is 0.154 e. The van der Waals surface area contributed by atoms with Crippen molar-refractivity contribution in [3.05, 3.63) is 59.8 Å². The number of rotatable bonds is 2. The Bertz CT molecular complexity index is 748. The number of nitriles is 1. The van der Waals surface area contributed by atoms with Crippen molar-refractivity contribution >= 4 is 5.65 Å². The van der Waals surface area contributed by atoms with Crippen LogP contribution in [0, 0.1) is 17.1 Å². The first kappa shape index (κ1) is 10.5. The van der Waals surface area contributed by atoms with Gasteiger partial charge in [0.1, 0.15) is 17.4 Å². The van der Waals surface area contributed by atoms with Crippen LogP contribution in [-0.2, 0) is 6.54 Å². The highest BCUT2D eigenvalue weighted by Gasteiger charge is 2.09. The molecule has 0 radical (unpaired) electrons. The largest absolute Gasteiger partial charge is 0.326 e. The van der Waals surface area contributed by atoms with Crippen LogP contribution in [0.5, 0.6) is 0 Å². The van der Waals surface area contributed by atoms with E-state index in [1.54, 1.807) is 16.8 Å². The lowest BCUT2D eigenvalue weighted by atomic mass is 10.2. The van der Waals surface area contributed by atoms with E-state index in [1.807, 2.05) is 16.8 Å². The third kappa shape index (κ3) is 1.64. The highest BCUT2D eigenvalue weighted by molar-refractivity contribution is 5.55. The van der Waals surface area contributed by atoms with Crippen LogP contribution in [-0.4, -0.2) is 14.2 Å². The van der Waals surface area contributed by atoms with Crippen LogP contribution in [0.4, 0.5) is 4.39 Å². The zero-order valence-electron chi connectivity index (χ0n) is 9.42. The third-order valence-electron chi connectivity index (χ3n) is 2.79. The Morgan fingerprint density at radius 1 is 1.33 bits per heavy atom. The van der Waals surface area contributed by atoms with Gasteiger partial charge in [0, 0.05) is 18.9 Å². The molecule has 0 saturated heterocycles. The van der Waals surface area contributed by atoms with Gasteiger partial charge in [-0.1, -0.05) is 12.1 Å². The monoisotopic (exact) mass is 240 g/mol. The molecule has 0 unspecified atom stereocenters. The van der Waals surface area contributed by atoms with Crippen molar-refractivity contribution in [1.82, 2.24) is 14.2 Å². The van der Waals surface area contributed by atoms with E-state index in [1.165, 1.54) is 18.3 Å². The number of hydrogen-bond acceptors (Lipinski definition) is 2. The second-order valence-electron chi connectivity index (χ2n) is 3.99. The van der Waals surface area contributed by atoms with E-state index >= 15 is 0 Å². The molecular weight excluding hydrogens is 231 g/mol. The van der Waals surface area contributed by atoms with Gasteiger partial charge >= 0.3 is 0 Å². The molecule has 0 N–H and O–H groups in total. The Morgan fingerprint density at radius 2 is 2.22 bits per heavy atom. The lowest BCUT2D eigenvalue weighted by Gasteiger charge is -2.04. The van der Waals surface area contributed by atoms with Crippen molar-refractivity contribution < 1.29 is 4.39 Å². The van der Waals surface area contributed by atoms with Gasteiger partial charge in [-0.05, 0) is 17.7 Å². The molecule has 0 amide bonds. The maximum absolute atomic E-state index is 13.1. The fourth-order valence-electron chi connectivity index (χ4n) is 2.00. The summed E-state index contributed by atoms with van der Waals surface area (Å²) in [7, 11) is 0. The van der Waals surface area contributed by atoms with E-state index in [2.05, 4.69) is 11.2 Å². The Balaban J connectivity index is 2.05. The predicted octanol–water partition coefficient (Wildman–Crippen LogP) is 2.19. The van der Waals surface area contributed by atoms with Crippen molar-refractivity contribution in [2.24, 2.45) is 0 Å². The van der Waals surface area contributed by atoms with E-state index in [-0.39, 0.29) is 5.82 Å². The van der Waals surface area contributed by atoms with Crippen LogP contribution in [0.15, 0.2) is 42.9 Å². The smallest absolute Gasteiger partial charge is 0.154 e. The first-order valence-electron chi connectivity index (χ1n) is 5.45. The maximum atomic E-state index is 13.1. The first-order valence-corrected chi connectivity index (χ1v) is 5.45. The van der Waals surface area contributed by atoms with Gasteiger partial charge in [0.25, 0.3) is 0 Å². The minimum Gasteiger partial charge on any atom is -0.326 e. The molecule has 3 aromatic rings. The normalized spacial score (nSPS) is 10.7. The minimum absolute atomic E-state index is 0.260. The highest BCUT2D eigenvalue weighted by atomic mass is 19.1. The van der Waals surface area contributed by atoms with Gasteiger partial charge < -0.3 is 4.57 Å². The lowest BCUT2D eigenvalue weighted by molar-refractivity contribution is 0.624. The number of aromatic nitrogens is 3.